The molecule has 0 spiro atoms. The van der Waals surface area contributed by atoms with E-state index in [2.05, 4.69) is 22.3 Å². The molecule has 7 nitrogen and oxygen atoms in total. The number of hydrogen-bond donors (Lipinski definition) is 2. The van der Waals surface area contributed by atoms with Gasteiger partial charge in [-0.2, -0.15) is 0 Å². The van der Waals surface area contributed by atoms with Crippen molar-refractivity contribution < 1.29 is 14.6 Å². The van der Waals surface area contributed by atoms with Gasteiger partial charge in [-0.1, -0.05) is 18.2 Å². The number of para-hydroxylation sites is 1. The van der Waals surface area contributed by atoms with E-state index >= 15 is 0 Å². The predicted molar refractivity (Wildman–Crippen MR) is 124 cm³/mol. The molecule has 2 saturated heterocycles. The van der Waals surface area contributed by atoms with Crippen LogP contribution in [0, 0.1) is 6.92 Å². The average molecular weight is 433 g/mol. The lowest BCUT2D eigenvalue weighted by Crippen LogP contribution is -2.50. The Labute approximate surface area is 187 Å². The van der Waals surface area contributed by atoms with Crippen molar-refractivity contribution in [2.45, 2.75) is 44.8 Å². The number of benzene rings is 2. The number of phenolic OH excluding ortho intramolecular Hbond substituents is 1. The molecule has 3 heterocycles. The summed E-state index contributed by atoms with van der Waals surface area (Å²) in [4.78, 5) is 24.5. The normalized spacial score (nSPS) is 21.1. The lowest BCUT2D eigenvalue weighted by Gasteiger charge is -2.35. The Morgan fingerprint density at radius 3 is 2.84 bits per heavy atom. The zero-order valence-corrected chi connectivity index (χ0v) is 18.3. The van der Waals surface area contributed by atoms with Crippen LogP contribution < -0.4 is 10.2 Å². The SMILES string of the molecule is Cc1ccc2c(N3CCCC(NC(=O)[C@H]4CCCO4)C3)nc(-c3ccccc3O)nc2c1. The van der Waals surface area contributed by atoms with Gasteiger partial charge in [0, 0.05) is 31.1 Å². The summed E-state index contributed by atoms with van der Waals surface area (Å²) < 4.78 is 5.54. The molecule has 0 aliphatic carbocycles. The van der Waals surface area contributed by atoms with E-state index in [1.807, 2.05) is 25.1 Å². The summed E-state index contributed by atoms with van der Waals surface area (Å²) in [6, 6.07) is 13.4. The quantitative estimate of drug-likeness (QED) is 0.655. The molecule has 3 aromatic rings. The number of ether oxygens (including phenoxy) is 1. The van der Waals surface area contributed by atoms with Gasteiger partial charge in [0.25, 0.3) is 0 Å². The summed E-state index contributed by atoms with van der Waals surface area (Å²) in [7, 11) is 0. The van der Waals surface area contributed by atoms with Crippen LogP contribution in [0.5, 0.6) is 5.75 Å². The lowest BCUT2D eigenvalue weighted by atomic mass is 10.0. The Kier molecular flexibility index (Phi) is 5.66. The number of rotatable bonds is 4. The molecule has 2 fully saturated rings. The molecule has 2 atom stereocenters. The first kappa shape index (κ1) is 20.7. The summed E-state index contributed by atoms with van der Waals surface area (Å²) >= 11 is 0. The van der Waals surface area contributed by atoms with E-state index in [-0.39, 0.29) is 23.8 Å². The van der Waals surface area contributed by atoms with Crippen molar-refractivity contribution >= 4 is 22.6 Å². The highest BCUT2D eigenvalue weighted by molar-refractivity contribution is 5.92. The number of anilines is 1. The van der Waals surface area contributed by atoms with Crippen molar-refractivity contribution in [3.8, 4) is 17.1 Å². The summed E-state index contributed by atoms with van der Waals surface area (Å²) in [5, 5.41) is 14.5. The molecule has 1 aromatic heterocycles. The fourth-order valence-electron chi connectivity index (χ4n) is 4.61. The van der Waals surface area contributed by atoms with Crippen LogP contribution >= 0.6 is 0 Å². The molecule has 166 valence electrons. The molecule has 2 N–H and O–H groups in total. The van der Waals surface area contributed by atoms with E-state index < -0.39 is 0 Å². The summed E-state index contributed by atoms with van der Waals surface area (Å²) in [6.45, 7) is 4.24. The summed E-state index contributed by atoms with van der Waals surface area (Å²) in [5.74, 6) is 1.49. The van der Waals surface area contributed by atoms with Gasteiger partial charge in [0.05, 0.1) is 11.1 Å². The molecule has 2 aromatic carbocycles. The van der Waals surface area contributed by atoms with Crippen LogP contribution in [0.25, 0.3) is 22.3 Å². The zero-order valence-electron chi connectivity index (χ0n) is 18.3. The van der Waals surface area contributed by atoms with Crippen LogP contribution in [0.15, 0.2) is 42.5 Å². The number of nitrogens with one attached hydrogen (secondary N) is 1. The standard InChI is InChI=1S/C25H28N4O3/c1-16-10-11-18-20(14-16)27-23(19-7-2-3-8-21(19)30)28-24(18)29-12-4-6-17(15-29)26-25(31)22-9-5-13-32-22/h2-3,7-8,10-11,14,17,22,30H,4-6,9,12-13,15H2,1H3,(H,26,31)/t17?,22-/m1/s1. The number of fused-ring (bicyclic) bond motifs is 1. The van der Waals surface area contributed by atoms with Crippen LogP contribution in [0.4, 0.5) is 5.82 Å². The van der Waals surface area contributed by atoms with E-state index in [4.69, 9.17) is 14.7 Å². The van der Waals surface area contributed by atoms with Gasteiger partial charge in [-0.05, 0) is 62.4 Å². The second kappa shape index (κ2) is 8.74. The van der Waals surface area contributed by atoms with Crippen LogP contribution in [0.2, 0.25) is 0 Å². The number of amides is 1. The smallest absolute Gasteiger partial charge is 0.249 e. The summed E-state index contributed by atoms with van der Waals surface area (Å²) in [6.07, 6.45) is 3.31. The second-order valence-corrected chi connectivity index (χ2v) is 8.70. The number of piperidine rings is 1. The van der Waals surface area contributed by atoms with E-state index in [0.29, 0.717) is 24.5 Å². The van der Waals surface area contributed by atoms with E-state index in [9.17, 15) is 9.90 Å². The maximum atomic E-state index is 12.6. The average Bonchev–Trinajstić information content (AvgIpc) is 3.34. The van der Waals surface area contributed by atoms with E-state index in [1.165, 1.54) is 0 Å². The third-order valence-corrected chi connectivity index (χ3v) is 6.27. The molecule has 0 radical (unpaired) electrons. The number of aromatic hydroxyl groups is 1. The fraction of sp³-hybridized carbons (Fsp3) is 0.400. The van der Waals surface area contributed by atoms with Gasteiger partial charge in [-0.25, -0.2) is 9.97 Å². The maximum Gasteiger partial charge on any atom is 0.249 e. The molecule has 1 amide bonds. The van der Waals surface area contributed by atoms with E-state index in [1.54, 1.807) is 12.1 Å². The van der Waals surface area contributed by atoms with Crippen molar-refractivity contribution in [1.82, 2.24) is 15.3 Å². The number of nitrogens with zero attached hydrogens (tertiary/aromatic N) is 3. The Balaban J connectivity index is 1.48. The minimum Gasteiger partial charge on any atom is -0.507 e. The zero-order chi connectivity index (χ0) is 22.1. The highest BCUT2D eigenvalue weighted by Crippen LogP contribution is 2.33. The molecule has 7 heteroatoms. The maximum absolute atomic E-state index is 12.6. The highest BCUT2D eigenvalue weighted by atomic mass is 16.5. The minimum atomic E-state index is -0.319. The Bertz CT molecular complexity index is 1140. The Morgan fingerprint density at radius 2 is 2.03 bits per heavy atom. The molecule has 2 aliphatic rings. The third kappa shape index (κ3) is 4.12. The number of phenols is 1. The Hall–Kier alpha value is -3.19. The van der Waals surface area contributed by atoms with E-state index in [0.717, 1.165) is 54.5 Å². The molecule has 0 bridgehead atoms. The number of aromatic nitrogens is 2. The van der Waals surface area contributed by atoms with Gasteiger partial charge in [0.2, 0.25) is 5.91 Å². The van der Waals surface area contributed by atoms with Gasteiger partial charge < -0.3 is 20.1 Å². The van der Waals surface area contributed by atoms with Crippen molar-refractivity contribution in [3.05, 3.63) is 48.0 Å². The van der Waals surface area contributed by atoms with Crippen LogP contribution in [-0.2, 0) is 9.53 Å². The summed E-state index contributed by atoms with van der Waals surface area (Å²) in [5.41, 5.74) is 2.57. The van der Waals surface area contributed by atoms with Crippen LogP contribution in [-0.4, -0.2) is 52.8 Å². The van der Waals surface area contributed by atoms with Crippen LogP contribution in [0.1, 0.15) is 31.2 Å². The van der Waals surface area contributed by atoms with Gasteiger partial charge in [-0.15, -0.1) is 0 Å². The second-order valence-electron chi connectivity index (χ2n) is 8.70. The lowest BCUT2D eigenvalue weighted by molar-refractivity contribution is -0.130. The minimum absolute atomic E-state index is 0.00702. The number of carbonyl (C=O) groups is 1. The number of aryl methyl sites for hydroxylation is 1. The molecule has 2 aliphatic heterocycles. The monoisotopic (exact) mass is 432 g/mol. The molecule has 5 rings (SSSR count). The fourth-order valence-corrected chi connectivity index (χ4v) is 4.61. The number of hydrogen-bond acceptors (Lipinski definition) is 6. The first-order chi connectivity index (χ1) is 15.6. The van der Waals surface area contributed by atoms with Crippen molar-refractivity contribution in [1.29, 1.82) is 0 Å². The van der Waals surface area contributed by atoms with Crippen LogP contribution in [0.3, 0.4) is 0 Å². The first-order valence-corrected chi connectivity index (χ1v) is 11.3. The Morgan fingerprint density at radius 1 is 1.16 bits per heavy atom. The topological polar surface area (TPSA) is 87.6 Å². The first-order valence-electron chi connectivity index (χ1n) is 11.3. The largest absolute Gasteiger partial charge is 0.507 e. The highest BCUT2D eigenvalue weighted by Gasteiger charge is 2.29. The van der Waals surface area contributed by atoms with Gasteiger partial charge in [0.1, 0.15) is 17.7 Å². The molecular formula is C25H28N4O3. The molecular weight excluding hydrogens is 404 g/mol. The van der Waals surface area contributed by atoms with Crippen molar-refractivity contribution in [3.63, 3.8) is 0 Å². The van der Waals surface area contributed by atoms with Gasteiger partial charge in [-0.3, -0.25) is 4.79 Å². The number of carbonyl (C=O) groups excluding carboxylic acids is 1. The van der Waals surface area contributed by atoms with Crippen molar-refractivity contribution in [2.75, 3.05) is 24.6 Å². The van der Waals surface area contributed by atoms with Gasteiger partial charge >= 0.3 is 0 Å². The predicted octanol–water partition coefficient (Wildman–Crippen LogP) is 3.57. The molecule has 0 saturated carbocycles. The van der Waals surface area contributed by atoms with Crippen molar-refractivity contribution in [2.24, 2.45) is 0 Å². The third-order valence-electron chi connectivity index (χ3n) is 6.27. The van der Waals surface area contributed by atoms with Gasteiger partial charge in [0.15, 0.2) is 5.82 Å². The molecule has 1 unspecified atom stereocenters. The molecule has 32 heavy (non-hydrogen) atoms.